The molecule has 2 atom stereocenters. The van der Waals surface area contributed by atoms with E-state index in [0.717, 1.165) is 36.7 Å². The minimum atomic E-state index is -1.06. The summed E-state index contributed by atoms with van der Waals surface area (Å²) < 4.78 is 69.7. The Labute approximate surface area is 334 Å². The van der Waals surface area contributed by atoms with Crippen LogP contribution in [0.25, 0.3) is 0 Å². The van der Waals surface area contributed by atoms with Crippen molar-refractivity contribution in [3.8, 4) is 23.3 Å². The second-order valence-corrected chi connectivity index (χ2v) is 12.6. The molecule has 3 N–H and O–H groups in total. The summed E-state index contributed by atoms with van der Waals surface area (Å²) >= 11 is 0. The van der Waals surface area contributed by atoms with Crippen molar-refractivity contribution in [2.24, 2.45) is 0 Å². The Kier molecular flexibility index (Phi) is 14.1. The molecule has 2 heterocycles. The van der Waals surface area contributed by atoms with E-state index < -0.39 is 59.1 Å². The summed E-state index contributed by atoms with van der Waals surface area (Å²) in [5, 5.41) is 14.4. The van der Waals surface area contributed by atoms with Crippen molar-refractivity contribution >= 4 is 23.8 Å². The second kappa shape index (κ2) is 19.5. The summed E-state index contributed by atoms with van der Waals surface area (Å²) in [7, 11) is 1.29. The van der Waals surface area contributed by atoms with Crippen LogP contribution in [0.15, 0.2) is 122 Å². The first-order chi connectivity index (χ1) is 28.2. The molecular formula is C43H34F4N4O8. The maximum atomic E-state index is 13.7. The zero-order valence-electron chi connectivity index (χ0n) is 31.4. The number of benzene rings is 4. The molecule has 0 aliphatic heterocycles. The monoisotopic (exact) mass is 810 g/mol. The number of pyridine rings is 2. The number of rotatable bonds is 12. The van der Waals surface area contributed by atoms with Gasteiger partial charge in [-0.15, -0.1) is 0 Å². The lowest BCUT2D eigenvalue weighted by Crippen LogP contribution is -2.27. The zero-order chi connectivity index (χ0) is 42.6. The van der Waals surface area contributed by atoms with Gasteiger partial charge in [0.15, 0.2) is 0 Å². The molecule has 6 aromatic rings. The van der Waals surface area contributed by atoms with Crippen molar-refractivity contribution < 1.29 is 56.1 Å². The molecule has 6 rings (SSSR count). The zero-order valence-corrected chi connectivity index (χ0v) is 31.4. The van der Waals surface area contributed by atoms with Crippen LogP contribution in [0.5, 0.6) is 23.3 Å². The molecule has 302 valence electrons. The number of esters is 1. The number of halogens is 4. The number of ether oxygens (including phenoxy) is 3. The van der Waals surface area contributed by atoms with Crippen LogP contribution in [-0.2, 0) is 4.74 Å². The number of carboxylic acid groups (broad SMARTS) is 1. The van der Waals surface area contributed by atoms with Crippen molar-refractivity contribution in [3.05, 3.63) is 178 Å². The molecular weight excluding hydrogens is 776 g/mol. The minimum Gasteiger partial charge on any atom is -0.478 e. The molecule has 0 aliphatic rings. The number of carboxylic acids is 1. The fourth-order valence-electron chi connectivity index (χ4n) is 5.28. The molecule has 0 unspecified atom stereocenters. The van der Waals surface area contributed by atoms with Gasteiger partial charge in [0.2, 0.25) is 11.8 Å². The number of nitrogens with zero attached hydrogens (tertiary/aromatic N) is 2. The highest BCUT2D eigenvalue weighted by Crippen LogP contribution is 2.27. The van der Waals surface area contributed by atoms with E-state index in [2.05, 4.69) is 25.3 Å². The predicted octanol–water partition coefficient (Wildman–Crippen LogP) is 8.77. The van der Waals surface area contributed by atoms with Gasteiger partial charge in [0.1, 0.15) is 45.9 Å². The minimum absolute atomic E-state index is 0.107. The van der Waals surface area contributed by atoms with Crippen LogP contribution < -0.4 is 20.1 Å². The first kappa shape index (κ1) is 42.5. The van der Waals surface area contributed by atoms with Crippen LogP contribution in [0.4, 0.5) is 17.6 Å². The Balaban J connectivity index is 0.000000224. The number of carbonyl (C=O) groups is 4. The third-order valence-corrected chi connectivity index (χ3v) is 8.33. The van der Waals surface area contributed by atoms with E-state index in [9.17, 15) is 36.7 Å². The fraction of sp³-hybridized carbons (Fsp3) is 0.116. The van der Waals surface area contributed by atoms with E-state index in [1.807, 2.05) is 0 Å². The summed E-state index contributed by atoms with van der Waals surface area (Å²) in [4.78, 5) is 55.5. The molecule has 12 nitrogen and oxygen atoms in total. The van der Waals surface area contributed by atoms with Crippen LogP contribution >= 0.6 is 0 Å². The highest BCUT2D eigenvalue weighted by Gasteiger charge is 2.21. The van der Waals surface area contributed by atoms with Gasteiger partial charge < -0.3 is 30.0 Å². The highest BCUT2D eigenvalue weighted by molar-refractivity contribution is 5.97. The van der Waals surface area contributed by atoms with Gasteiger partial charge in [-0.2, -0.15) is 0 Å². The number of nitrogens with one attached hydrogen (secondary N) is 2. The van der Waals surface area contributed by atoms with Gasteiger partial charge in [0.25, 0.3) is 11.8 Å². The molecule has 0 bridgehead atoms. The predicted molar refractivity (Wildman–Crippen MR) is 204 cm³/mol. The lowest BCUT2D eigenvalue weighted by Gasteiger charge is -2.16. The van der Waals surface area contributed by atoms with E-state index in [4.69, 9.17) is 14.6 Å². The number of amides is 2. The van der Waals surface area contributed by atoms with E-state index in [1.54, 1.807) is 50.2 Å². The summed E-state index contributed by atoms with van der Waals surface area (Å²) in [5.41, 5.74) is 1.56. The average molecular weight is 811 g/mol. The molecule has 2 aromatic heterocycles. The summed E-state index contributed by atoms with van der Waals surface area (Å²) in [6.45, 7) is 3.42. The van der Waals surface area contributed by atoms with Gasteiger partial charge in [-0.05, 0) is 85.6 Å². The highest BCUT2D eigenvalue weighted by atomic mass is 19.1. The van der Waals surface area contributed by atoms with E-state index in [0.29, 0.717) is 16.7 Å². The molecule has 16 heteroatoms. The third-order valence-electron chi connectivity index (χ3n) is 8.33. The molecule has 59 heavy (non-hydrogen) atoms. The molecule has 2 amide bonds. The van der Waals surface area contributed by atoms with Crippen LogP contribution in [0.3, 0.4) is 0 Å². The van der Waals surface area contributed by atoms with E-state index >= 15 is 0 Å². The first-order valence-electron chi connectivity index (χ1n) is 17.5. The number of aromatic nitrogens is 2. The van der Waals surface area contributed by atoms with Crippen molar-refractivity contribution in [2.45, 2.75) is 25.9 Å². The summed E-state index contributed by atoms with van der Waals surface area (Å²) in [5.74, 6) is -5.43. The molecule has 0 spiro atoms. The van der Waals surface area contributed by atoms with E-state index in [1.165, 1.54) is 55.6 Å². The van der Waals surface area contributed by atoms with Gasteiger partial charge in [-0.25, -0.2) is 37.1 Å². The lowest BCUT2D eigenvalue weighted by molar-refractivity contribution is 0.0599. The molecule has 0 fully saturated rings. The largest absolute Gasteiger partial charge is 0.478 e. The van der Waals surface area contributed by atoms with Crippen molar-refractivity contribution in [1.82, 2.24) is 20.6 Å². The molecule has 0 saturated heterocycles. The molecule has 4 aromatic carbocycles. The standard InChI is InChI=1S/C22H18F2N2O4.C21H16F2N2O4/c1-13(14-6-8-15(9-7-14)22(28)29-2)26-20(27)19-11-17(24)12-25-21(19)30-18-5-3-4-16(23)10-18;1-12(13-5-7-14(8-6-13)21(27)28)25-19(26)18-10-16(23)11-24-20(18)29-17-4-2-3-15(22)9-17/h3-13H,1-2H3,(H,26,27);2-12H,1H3,(H,25,26)(H,27,28)/t13-;12-/m00/s1. The second-order valence-electron chi connectivity index (χ2n) is 12.6. The molecule has 0 radical (unpaired) electrons. The Hall–Kier alpha value is -7.62. The van der Waals surface area contributed by atoms with Gasteiger partial charge in [-0.1, -0.05) is 36.4 Å². The number of carbonyl (C=O) groups excluding carboxylic acids is 3. The summed E-state index contributed by atoms with van der Waals surface area (Å²) in [6.07, 6.45) is 1.79. The maximum Gasteiger partial charge on any atom is 0.337 e. The van der Waals surface area contributed by atoms with Gasteiger partial charge >= 0.3 is 11.9 Å². The van der Waals surface area contributed by atoms with Crippen LogP contribution in [0.1, 0.15) is 78.5 Å². The number of hydrogen-bond donors (Lipinski definition) is 3. The van der Waals surface area contributed by atoms with Crippen molar-refractivity contribution in [1.29, 1.82) is 0 Å². The SMILES string of the molecule is COC(=O)c1ccc([C@H](C)NC(=O)c2cc(F)cnc2Oc2cccc(F)c2)cc1.C[C@H](NC(=O)c1cc(F)cnc1Oc1cccc(F)c1)c1ccc(C(=O)O)cc1. The average Bonchev–Trinajstić information content (AvgIpc) is 3.22. The fourth-order valence-corrected chi connectivity index (χ4v) is 5.28. The van der Waals surface area contributed by atoms with Gasteiger partial charge in [0, 0.05) is 12.1 Å². The van der Waals surface area contributed by atoms with E-state index in [-0.39, 0.29) is 39.9 Å². The van der Waals surface area contributed by atoms with Gasteiger partial charge in [0.05, 0.1) is 42.7 Å². The Morgan fingerprint density at radius 2 is 0.983 bits per heavy atom. The number of methoxy groups -OCH3 is 1. The Bertz CT molecular complexity index is 2470. The Morgan fingerprint density at radius 3 is 1.36 bits per heavy atom. The van der Waals surface area contributed by atoms with Crippen LogP contribution in [0, 0.1) is 23.3 Å². The van der Waals surface area contributed by atoms with Gasteiger partial charge in [-0.3, -0.25) is 9.59 Å². The number of hydrogen-bond acceptors (Lipinski definition) is 9. The number of aromatic carboxylic acids is 1. The quantitative estimate of drug-likeness (QED) is 0.0804. The van der Waals surface area contributed by atoms with Crippen LogP contribution in [-0.4, -0.2) is 45.9 Å². The topological polar surface area (TPSA) is 166 Å². The normalized spacial score (nSPS) is 11.5. The van der Waals surface area contributed by atoms with Crippen molar-refractivity contribution in [3.63, 3.8) is 0 Å². The smallest absolute Gasteiger partial charge is 0.337 e. The molecule has 0 saturated carbocycles. The molecule has 0 aliphatic carbocycles. The first-order valence-corrected chi connectivity index (χ1v) is 17.5. The van der Waals surface area contributed by atoms with Crippen molar-refractivity contribution in [2.75, 3.05) is 7.11 Å². The third kappa shape index (κ3) is 11.7. The van der Waals surface area contributed by atoms with Crippen LogP contribution in [0.2, 0.25) is 0 Å². The maximum absolute atomic E-state index is 13.7. The Morgan fingerprint density at radius 1 is 0.576 bits per heavy atom. The lowest BCUT2D eigenvalue weighted by atomic mass is 10.1. The summed E-state index contributed by atoms with van der Waals surface area (Å²) in [6, 6.07) is 24.0.